The van der Waals surface area contributed by atoms with Crippen LogP contribution in [0.2, 0.25) is 0 Å². The number of nitrogens with zero attached hydrogens (tertiary/aromatic N) is 1. The van der Waals surface area contributed by atoms with Crippen LogP contribution in [-0.4, -0.2) is 11.9 Å². The van der Waals surface area contributed by atoms with Crippen LogP contribution < -0.4 is 10.6 Å². The first kappa shape index (κ1) is 15.8. The number of hydrogen-bond donors (Lipinski definition) is 1. The molecular weight excluding hydrogens is 284 g/mol. The van der Waals surface area contributed by atoms with E-state index in [0.717, 1.165) is 24.2 Å². The van der Waals surface area contributed by atoms with Crippen LogP contribution in [0.15, 0.2) is 48.5 Å². The lowest BCUT2D eigenvalue weighted by molar-refractivity contribution is -0.121. The van der Waals surface area contributed by atoms with Crippen molar-refractivity contribution < 1.29 is 4.79 Å². The molecule has 1 aliphatic heterocycles. The third kappa shape index (κ3) is 2.89. The molecule has 1 atom stereocenters. The van der Waals surface area contributed by atoms with Crippen LogP contribution in [0.3, 0.4) is 0 Å². The first-order valence-electron chi connectivity index (χ1n) is 8.15. The summed E-state index contributed by atoms with van der Waals surface area (Å²) in [5.74, 6) is -0.0423. The Labute approximate surface area is 138 Å². The number of fused-ring (bicyclic) bond motifs is 2. The van der Waals surface area contributed by atoms with Crippen LogP contribution in [-0.2, 0) is 17.6 Å². The Balaban J connectivity index is 2.16. The van der Waals surface area contributed by atoms with Crippen LogP contribution in [0, 0.1) is 5.41 Å². The minimum atomic E-state index is -0.554. The highest BCUT2D eigenvalue weighted by atomic mass is 16.2. The summed E-state index contributed by atoms with van der Waals surface area (Å²) >= 11 is 0. The molecule has 0 spiro atoms. The van der Waals surface area contributed by atoms with E-state index >= 15 is 0 Å². The van der Waals surface area contributed by atoms with E-state index in [1.165, 1.54) is 11.1 Å². The van der Waals surface area contributed by atoms with Gasteiger partial charge in [0.2, 0.25) is 5.91 Å². The number of carbonyl (C=O) groups is 1. The second-order valence-corrected chi connectivity index (χ2v) is 7.27. The molecule has 0 fully saturated rings. The zero-order valence-corrected chi connectivity index (χ0v) is 14.0. The predicted molar refractivity (Wildman–Crippen MR) is 94.9 cm³/mol. The summed E-state index contributed by atoms with van der Waals surface area (Å²) in [6.07, 6.45) is 1.86. The van der Waals surface area contributed by atoms with Gasteiger partial charge in [-0.1, -0.05) is 57.2 Å². The molecule has 2 N–H and O–H groups in total. The summed E-state index contributed by atoms with van der Waals surface area (Å²) < 4.78 is 0. The average molecular weight is 308 g/mol. The zero-order chi connectivity index (χ0) is 16.6. The Bertz CT molecular complexity index is 683. The summed E-state index contributed by atoms with van der Waals surface area (Å²) in [7, 11) is 0. The average Bonchev–Trinajstić information content (AvgIpc) is 2.69. The third-order valence-electron chi connectivity index (χ3n) is 4.55. The van der Waals surface area contributed by atoms with E-state index in [1.807, 2.05) is 62.1 Å². The van der Waals surface area contributed by atoms with Gasteiger partial charge >= 0.3 is 0 Å². The molecule has 3 nitrogen and oxygen atoms in total. The van der Waals surface area contributed by atoms with Crippen LogP contribution in [0.1, 0.15) is 31.9 Å². The Morgan fingerprint density at radius 1 is 0.957 bits per heavy atom. The number of anilines is 2. The van der Waals surface area contributed by atoms with Gasteiger partial charge < -0.3 is 5.73 Å². The second kappa shape index (κ2) is 5.82. The second-order valence-electron chi connectivity index (χ2n) is 7.27. The highest BCUT2D eigenvalue weighted by molar-refractivity contribution is 6.05. The van der Waals surface area contributed by atoms with Crippen molar-refractivity contribution in [2.45, 2.75) is 39.7 Å². The van der Waals surface area contributed by atoms with Crippen molar-refractivity contribution in [1.82, 2.24) is 0 Å². The van der Waals surface area contributed by atoms with Crippen molar-refractivity contribution >= 4 is 17.3 Å². The first-order chi connectivity index (χ1) is 10.9. The predicted octanol–water partition coefficient (Wildman–Crippen LogP) is 3.82. The molecule has 0 radical (unpaired) electrons. The molecule has 0 saturated carbocycles. The molecule has 3 heteroatoms. The van der Waals surface area contributed by atoms with E-state index in [4.69, 9.17) is 5.73 Å². The molecule has 0 aromatic heterocycles. The van der Waals surface area contributed by atoms with E-state index in [9.17, 15) is 4.79 Å². The van der Waals surface area contributed by atoms with Gasteiger partial charge in [0.1, 0.15) is 0 Å². The van der Waals surface area contributed by atoms with Gasteiger partial charge in [-0.05, 0) is 41.5 Å². The molecule has 1 heterocycles. The number of hydrogen-bond acceptors (Lipinski definition) is 2. The smallest absolute Gasteiger partial charge is 0.249 e. The minimum Gasteiger partial charge on any atom is -0.319 e. The molecule has 1 unspecified atom stereocenters. The van der Waals surface area contributed by atoms with Crippen molar-refractivity contribution in [3.05, 3.63) is 59.7 Å². The SMILES string of the molecule is CC(C)(C)C(N)C(=O)N1c2ccccc2CCc2ccccc21. The lowest BCUT2D eigenvalue weighted by Crippen LogP contribution is -2.49. The minimum absolute atomic E-state index is 0.0423. The number of amides is 1. The Hall–Kier alpha value is -2.13. The Kier molecular flexibility index (Phi) is 3.99. The van der Waals surface area contributed by atoms with Gasteiger partial charge in [-0.15, -0.1) is 0 Å². The number of nitrogens with two attached hydrogens (primary N) is 1. The van der Waals surface area contributed by atoms with E-state index in [-0.39, 0.29) is 11.3 Å². The molecule has 0 aliphatic carbocycles. The number of para-hydroxylation sites is 2. The largest absolute Gasteiger partial charge is 0.319 e. The van der Waals surface area contributed by atoms with Crippen molar-refractivity contribution in [3.63, 3.8) is 0 Å². The fourth-order valence-corrected chi connectivity index (χ4v) is 3.03. The lowest BCUT2D eigenvalue weighted by Gasteiger charge is -2.33. The maximum Gasteiger partial charge on any atom is 0.249 e. The summed E-state index contributed by atoms with van der Waals surface area (Å²) in [5.41, 5.74) is 10.3. The first-order valence-corrected chi connectivity index (χ1v) is 8.15. The van der Waals surface area contributed by atoms with E-state index < -0.39 is 6.04 Å². The quantitative estimate of drug-likeness (QED) is 0.870. The van der Waals surface area contributed by atoms with Crippen molar-refractivity contribution in [2.75, 3.05) is 4.90 Å². The molecule has 23 heavy (non-hydrogen) atoms. The highest BCUT2D eigenvalue weighted by Gasteiger charge is 2.34. The van der Waals surface area contributed by atoms with Gasteiger partial charge in [-0.2, -0.15) is 0 Å². The fraction of sp³-hybridized carbons (Fsp3) is 0.350. The highest BCUT2D eigenvalue weighted by Crippen LogP contribution is 2.37. The molecule has 3 rings (SSSR count). The molecule has 120 valence electrons. The Morgan fingerprint density at radius 3 is 1.83 bits per heavy atom. The normalized spacial score (nSPS) is 15.4. The van der Waals surface area contributed by atoms with E-state index in [2.05, 4.69) is 12.1 Å². The number of benzene rings is 2. The Morgan fingerprint density at radius 2 is 1.39 bits per heavy atom. The van der Waals surface area contributed by atoms with Gasteiger partial charge in [-0.3, -0.25) is 9.69 Å². The van der Waals surface area contributed by atoms with Gasteiger partial charge in [-0.25, -0.2) is 0 Å². The summed E-state index contributed by atoms with van der Waals surface area (Å²) in [5, 5.41) is 0. The van der Waals surface area contributed by atoms with Crippen LogP contribution in [0.25, 0.3) is 0 Å². The topological polar surface area (TPSA) is 46.3 Å². The van der Waals surface area contributed by atoms with Crippen LogP contribution >= 0.6 is 0 Å². The van der Waals surface area contributed by atoms with E-state index in [1.54, 1.807) is 0 Å². The summed E-state index contributed by atoms with van der Waals surface area (Å²) in [4.78, 5) is 15.1. The molecule has 1 aliphatic rings. The maximum atomic E-state index is 13.2. The van der Waals surface area contributed by atoms with Crippen molar-refractivity contribution in [3.8, 4) is 0 Å². The fourth-order valence-electron chi connectivity index (χ4n) is 3.03. The monoisotopic (exact) mass is 308 g/mol. The lowest BCUT2D eigenvalue weighted by atomic mass is 9.86. The summed E-state index contributed by atoms with van der Waals surface area (Å²) in [6.45, 7) is 6.02. The molecule has 2 aromatic rings. The number of rotatable bonds is 1. The van der Waals surface area contributed by atoms with Gasteiger partial charge in [0.05, 0.1) is 17.4 Å². The molecule has 0 bridgehead atoms. The van der Waals surface area contributed by atoms with E-state index in [0.29, 0.717) is 0 Å². The van der Waals surface area contributed by atoms with Crippen molar-refractivity contribution in [1.29, 1.82) is 0 Å². The van der Waals surface area contributed by atoms with Gasteiger partial charge in [0.25, 0.3) is 0 Å². The molecule has 0 saturated heterocycles. The zero-order valence-electron chi connectivity index (χ0n) is 14.0. The molecular formula is C20H24N2O. The van der Waals surface area contributed by atoms with Crippen molar-refractivity contribution in [2.24, 2.45) is 11.1 Å². The summed E-state index contributed by atoms with van der Waals surface area (Å²) in [6, 6.07) is 15.7. The number of aryl methyl sites for hydroxylation is 2. The van der Waals surface area contributed by atoms with Gasteiger partial charge in [0.15, 0.2) is 0 Å². The maximum absolute atomic E-state index is 13.2. The molecule has 1 amide bonds. The van der Waals surface area contributed by atoms with Crippen LogP contribution in [0.4, 0.5) is 11.4 Å². The number of carbonyl (C=O) groups excluding carboxylic acids is 1. The van der Waals surface area contributed by atoms with Gasteiger partial charge in [0, 0.05) is 0 Å². The standard InChI is InChI=1S/C20H24N2O/c1-20(2,3)18(21)19(23)22-16-10-6-4-8-14(16)12-13-15-9-5-7-11-17(15)22/h4-11,18H,12-13,21H2,1-3H3. The third-order valence-corrected chi connectivity index (χ3v) is 4.55. The molecule has 2 aromatic carbocycles. The van der Waals surface area contributed by atoms with Crippen LogP contribution in [0.5, 0.6) is 0 Å².